The van der Waals surface area contributed by atoms with Gasteiger partial charge in [-0.2, -0.15) is 0 Å². The zero-order valence-corrected chi connectivity index (χ0v) is 15.0. The lowest BCUT2D eigenvalue weighted by atomic mass is 10.1. The molecule has 1 aliphatic rings. The Morgan fingerprint density at radius 3 is 2.59 bits per heavy atom. The van der Waals surface area contributed by atoms with Crippen molar-refractivity contribution in [3.8, 4) is 11.3 Å². The predicted octanol–water partition coefficient (Wildman–Crippen LogP) is 3.84. The number of anilines is 2. The van der Waals surface area contributed by atoms with Gasteiger partial charge in [0.2, 0.25) is 0 Å². The summed E-state index contributed by atoms with van der Waals surface area (Å²) in [5.74, 6) is -0.131. The minimum atomic E-state index is -0.131. The summed E-state index contributed by atoms with van der Waals surface area (Å²) in [6, 6.07) is 21.2. The molecule has 0 atom stereocenters. The van der Waals surface area contributed by atoms with Gasteiger partial charge in [0.05, 0.1) is 30.3 Å². The summed E-state index contributed by atoms with van der Waals surface area (Å²) in [6.45, 7) is 3.05. The number of amides is 1. The van der Waals surface area contributed by atoms with Gasteiger partial charge in [0, 0.05) is 30.4 Å². The highest BCUT2D eigenvalue weighted by Gasteiger charge is 2.16. The normalized spacial score (nSPS) is 14.0. The summed E-state index contributed by atoms with van der Waals surface area (Å²) in [7, 11) is 0. The molecule has 0 aliphatic carbocycles. The van der Waals surface area contributed by atoms with Crippen molar-refractivity contribution in [3.63, 3.8) is 0 Å². The Hall–Kier alpha value is -3.18. The molecule has 1 aromatic heterocycles. The first-order valence-electron chi connectivity index (χ1n) is 9.06. The number of morpholine rings is 1. The fourth-order valence-electron chi connectivity index (χ4n) is 3.21. The SMILES string of the molecule is O=C(Nc1ccccc1N1CCOCC1)c1cccc(-c2ccccn2)c1. The molecular formula is C22H21N3O2. The first-order valence-corrected chi connectivity index (χ1v) is 9.06. The van der Waals surface area contributed by atoms with Crippen LogP contribution in [0.5, 0.6) is 0 Å². The third-order valence-corrected chi connectivity index (χ3v) is 4.59. The van der Waals surface area contributed by atoms with Crippen molar-refractivity contribution in [1.29, 1.82) is 0 Å². The summed E-state index contributed by atoms with van der Waals surface area (Å²) in [5, 5.41) is 3.06. The molecule has 136 valence electrons. The summed E-state index contributed by atoms with van der Waals surface area (Å²) in [6.07, 6.45) is 1.75. The van der Waals surface area contributed by atoms with Gasteiger partial charge in [-0.25, -0.2) is 0 Å². The summed E-state index contributed by atoms with van der Waals surface area (Å²) in [5.41, 5.74) is 4.21. The molecule has 27 heavy (non-hydrogen) atoms. The number of ether oxygens (including phenoxy) is 1. The van der Waals surface area contributed by atoms with Crippen LogP contribution in [0.4, 0.5) is 11.4 Å². The highest BCUT2D eigenvalue weighted by molar-refractivity contribution is 6.06. The number of nitrogens with one attached hydrogen (secondary N) is 1. The Bertz CT molecular complexity index is 922. The molecular weight excluding hydrogens is 338 g/mol. The van der Waals surface area contributed by atoms with Crippen LogP contribution in [0.3, 0.4) is 0 Å². The lowest BCUT2D eigenvalue weighted by Crippen LogP contribution is -2.36. The molecule has 5 heteroatoms. The van der Waals surface area contributed by atoms with Crippen LogP contribution in [0.25, 0.3) is 11.3 Å². The van der Waals surface area contributed by atoms with Gasteiger partial charge in [-0.3, -0.25) is 9.78 Å². The van der Waals surface area contributed by atoms with Gasteiger partial charge in [0.25, 0.3) is 5.91 Å². The van der Waals surface area contributed by atoms with E-state index in [9.17, 15) is 4.79 Å². The van der Waals surface area contributed by atoms with E-state index in [0.717, 1.165) is 35.7 Å². The van der Waals surface area contributed by atoms with Crippen molar-refractivity contribution in [1.82, 2.24) is 4.98 Å². The lowest BCUT2D eigenvalue weighted by molar-refractivity contribution is 0.102. The number of para-hydroxylation sites is 2. The first kappa shape index (κ1) is 17.2. The fraction of sp³-hybridized carbons (Fsp3) is 0.182. The van der Waals surface area contributed by atoms with E-state index in [1.165, 1.54) is 0 Å². The maximum absolute atomic E-state index is 12.9. The van der Waals surface area contributed by atoms with E-state index in [4.69, 9.17) is 4.74 Å². The molecule has 2 aromatic carbocycles. The quantitative estimate of drug-likeness (QED) is 0.769. The van der Waals surface area contributed by atoms with Gasteiger partial charge in [-0.1, -0.05) is 30.3 Å². The van der Waals surface area contributed by atoms with E-state index in [0.29, 0.717) is 18.8 Å². The maximum atomic E-state index is 12.9. The van der Waals surface area contributed by atoms with E-state index in [1.54, 1.807) is 6.20 Å². The number of benzene rings is 2. The van der Waals surface area contributed by atoms with Gasteiger partial charge >= 0.3 is 0 Å². The maximum Gasteiger partial charge on any atom is 0.255 e. The Labute approximate surface area is 158 Å². The molecule has 1 amide bonds. The molecule has 1 aliphatic heterocycles. The number of rotatable bonds is 4. The Balaban J connectivity index is 1.57. The largest absolute Gasteiger partial charge is 0.378 e. The van der Waals surface area contributed by atoms with Gasteiger partial charge in [0.1, 0.15) is 0 Å². The average molecular weight is 359 g/mol. The number of hydrogen-bond donors (Lipinski definition) is 1. The zero-order valence-electron chi connectivity index (χ0n) is 15.0. The van der Waals surface area contributed by atoms with E-state index >= 15 is 0 Å². The highest BCUT2D eigenvalue weighted by Crippen LogP contribution is 2.27. The molecule has 1 saturated heterocycles. The molecule has 1 N–H and O–H groups in total. The van der Waals surface area contributed by atoms with Crippen LogP contribution < -0.4 is 10.2 Å². The monoisotopic (exact) mass is 359 g/mol. The third kappa shape index (κ3) is 3.99. The number of nitrogens with zero attached hydrogens (tertiary/aromatic N) is 2. The van der Waals surface area contributed by atoms with Gasteiger partial charge in [0.15, 0.2) is 0 Å². The van der Waals surface area contributed by atoms with Gasteiger partial charge < -0.3 is 15.0 Å². The molecule has 3 aromatic rings. The van der Waals surface area contributed by atoms with Crippen molar-refractivity contribution >= 4 is 17.3 Å². The number of pyridine rings is 1. The Morgan fingerprint density at radius 2 is 1.78 bits per heavy atom. The van der Waals surface area contributed by atoms with Crippen LogP contribution in [0.1, 0.15) is 10.4 Å². The van der Waals surface area contributed by atoms with Crippen LogP contribution >= 0.6 is 0 Å². The number of carbonyl (C=O) groups excluding carboxylic acids is 1. The van der Waals surface area contributed by atoms with Crippen LogP contribution in [0.15, 0.2) is 72.9 Å². The van der Waals surface area contributed by atoms with Crippen LogP contribution in [0, 0.1) is 0 Å². The highest BCUT2D eigenvalue weighted by atomic mass is 16.5. The average Bonchev–Trinajstić information content (AvgIpc) is 2.75. The predicted molar refractivity (Wildman–Crippen MR) is 107 cm³/mol. The van der Waals surface area contributed by atoms with Crippen molar-refractivity contribution in [2.45, 2.75) is 0 Å². The minimum absolute atomic E-state index is 0.131. The molecule has 4 rings (SSSR count). The number of hydrogen-bond acceptors (Lipinski definition) is 4. The topological polar surface area (TPSA) is 54.5 Å². The molecule has 2 heterocycles. The summed E-state index contributed by atoms with van der Waals surface area (Å²) >= 11 is 0. The first-order chi connectivity index (χ1) is 13.3. The minimum Gasteiger partial charge on any atom is -0.378 e. The second-order valence-electron chi connectivity index (χ2n) is 6.37. The molecule has 5 nitrogen and oxygen atoms in total. The Kier molecular flexibility index (Phi) is 5.12. The van der Waals surface area contributed by atoms with E-state index in [-0.39, 0.29) is 5.91 Å². The zero-order chi connectivity index (χ0) is 18.5. The van der Waals surface area contributed by atoms with Crippen molar-refractivity contribution < 1.29 is 9.53 Å². The summed E-state index contributed by atoms with van der Waals surface area (Å²) < 4.78 is 5.43. The smallest absolute Gasteiger partial charge is 0.255 e. The number of aromatic nitrogens is 1. The Morgan fingerprint density at radius 1 is 0.963 bits per heavy atom. The van der Waals surface area contributed by atoms with Gasteiger partial charge in [-0.05, 0) is 36.4 Å². The van der Waals surface area contributed by atoms with Crippen molar-refractivity contribution in [2.24, 2.45) is 0 Å². The standard InChI is InChI=1S/C22H21N3O2/c26-22(18-7-5-6-17(16-18)19-8-3-4-11-23-19)24-20-9-1-2-10-21(20)25-12-14-27-15-13-25/h1-11,16H,12-15H2,(H,24,26). The molecule has 0 bridgehead atoms. The fourth-order valence-corrected chi connectivity index (χ4v) is 3.21. The molecule has 1 fully saturated rings. The molecule has 0 spiro atoms. The molecule has 0 unspecified atom stereocenters. The van der Waals surface area contributed by atoms with Gasteiger partial charge in [-0.15, -0.1) is 0 Å². The molecule has 0 saturated carbocycles. The lowest BCUT2D eigenvalue weighted by Gasteiger charge is -2.30. The second-order valence-corrected chi connectivity index (χ2v) is 6.37. The molecule has 0 radical (unpaired) electrons. The third-order valence-electron chi connectivity index (χ3n) is 4.59. The van der Waals surface area contributed by atoms with Crippen molar-refractivity contribution in [2.75, 3.05) is 36.5 Å². The van der Waals surface area contributed by atoms with E-state index in [1.807, 2.05) is 66.7 Å². The van der Waals surface area contributed by atoms with E-state index < -0.39 is 0 Å². The second kappa shape index (κ2) is 8.01. The number of carbonyl (C=O) groups is 1. The van der Waals surface area contributed by atoms with Crippen molar-refractivity contribution in [3.05, 3.63) is 78.5 Å². The van der Waals surface area contributed by atoms with E-state index in [2.05, 4.69) is 15.2 Å². The summed E-state index contributed by atoms with van der Waals surface area (Å²) in [4.78, 5) is 19.5. The van der Waals surface area contributed by atoms with Crippen LogP contribution in [-0.2, 0) is 4.74 Å². The van der Waals surface area contributed by atoms with Crippen LogP contribution in [0.2, 0.25) is 0 Å². The van der Waals surface area contributed by atoms with Crippen LogP contribution in [-0.4, -0.2) is 37.2 Å².